The van der Waals surface area contributed by atoms with E-state index in [2.05, 4.69) is 0 Å². The summed E-state index contributed by atoms with van der Waals surface area (Å²) in [4.78, 5) is 11.8. The Morgan fingerprint density at radius 3 is 2.57 bits per heavy atom. The van der Waals surface area contributed by atoms with Gasteiger partial charge < -0.3 is 4.74 Å². The molecule has 0 atom stereocenters. The van der Waals surface area contributed by atoms with Crippen LogP contribution in [0.4, 0.5) is 4.39 Å². The fourth-order valence-electron chi connectivity index (χ4n) is 2.78. The van der Waals surface area contributed by atoms with Crippen LogP contribution < -0.4 is 9.46 Å². The van der Waals surface area contributed by atoms with E-state index >= 15 is 0 Å². The predicted molar refractivity (Wildman–Crippen MR) is 85.5 cm³/mol. The number of aryl methyl sites for hydroxylation is 1. The zero-order valence-corrected chi connectivity index (χ0v) is 14.2. The summed E-state index contributed by atoms with van der Waals surface area (Å²) in [7, 11) is -3.73. The molecule has 1 amide bonds. The van der Waals surface area contributed by atoms with Gasteiger partial charge in [0.25, 0.3) is 5.91 Å². The van der Waals surface area contributed by atoms with Crippen LogP contribution in [-0.2, 0) is 10.0 Å². The second-order valence-corrected chi connectivity index (χ2v) is 7.86. The van der Waals surface area contributed by atoms with E-state index in [9.17, 15) is 17.6 Å². The van der Waals surface area contributed by atoms with Crippen molar-refractivity contribution in [3.8, 4) is 5.75 Å². The minimum Gasteiger partial charge on any atom is -0.493 e. The molecule has 0 bridgehead atoms. The van der Waals surface area contributed by atoms with Gasteiger partial charge in [-0.2, -0.15) is 0 Å². The van der Waals surface area contributed by atoms with Crippen LogP contribution in [0.25, 0.3) is 0 Å². The summed E-state index contributed by atoms with van der Waals surface area (Å²) in [6, 6.07) is 2.46. The molecule has 128 valence electrons. The van der Waals surface area contributed by atoms with Crippen LogP contribution in [0.15, 0.2) is 12.1 Å². The summed E-state index contributed by atoms with van der Waals surface area (Å²) in [5.41, 5.74) is 0.291. The van der Waals surface area contributed by atoms with Crippen molar-refractivity contribution >= 4 is 15.9 Å². The van der Waals surface area contributed by atoms with Crippen LogP contribution in [-0.4, -0.2) is 27.2 Å². The van der Waals surface area contributed by atoms with Gasteiger partial charge in [-0.1, -0.05) is 19.3 Å². The van der Waals surface area contributed by atoms with Gasteiger partial charge in [0.2, 0.25) is 10.0 Å². The van der Waals surface area contributed by atoms with E-state index < -0.39 is 21.7 Å². The van der Waals surface area contributed by atoms with Crippen LogP contribution in [0.5, 0.6) is 5.75 Å². The molecule has 0 aliphatic heterocycles. The molecule has 0 heterocycles. The molecule has 1 aromatic carbocycles. The quantitative estimate of drug-likeness (QED) is 0.892. The van der Waals surface area contributed by atoms with Crippen molar-refractivity contribution in [2.24, 2.45) is 5.92 Å². The normalized spacial score (nSPS) is 16.1. The molecule has 1 fully saturated rings. The molecule has 1 N–H and O–H groups in total. The number of rotatable bonds is 5. The molecule has 1 aliphatic carbocycles. The van der Waals surface area contributed by atoms with Crippen molar-refractivity contribution in [1.29, 1.82) is 0 Å². The fraction of sp³-hybridized carbons (Fsp3) is 0.562. The highest BCUT2D eigenvalue weighted by atomic mass is 32.2. The Hall–Kier alpha value is -1.63. The van der Waals surface area contributed by atoms with E-state index in [1.165, 1.54) is 25.3 Å². The largest absolute Gasteiger partial charge is 0.493 e. The lowest BCUT2D eigenvalue weighted by Gasteiger charge is -2.22. The minimum absolute atomic E-state index is 0.307. The van der Waals surface area contributed by atoms with Gasteiger partial charge in [0.15, 0.2) is 0 Å². The van der Waals surface area contributed by atoms with Crippen molar-refractivity contribution in [2.75, 3.05) is 12.9 Å². The second-order valence-electron chi connectivity index (χ2n) is 6.12. The van der Waals surface area contributed by atoms with Gasteiger partial charge in [-0.05, 0) is 37.3 Å². The third kappa shape index (κ3) is 5.20. The van der Waals surface area contributed by atoms with E-state index in [4.69, 9.17) is 4.74 Å². The lowest BCUT2D eigenvalue weighted by Crippen LogP contribution is -2.30. The number of carbonyl (C=O) groups is 1. The summed E-state index contributed by atoms with van der Waals surface area (Å²) in [6.07, 6.45) is 6.75. The first-order chi connectivity index (χ1) is 10.8. The first-order valence-corrected chi connectivity index (χ1v) is 9.60. The van der Waals surface area contributed by atoms with Gasteiger partial charge in [-0.25, -0.2) is 17.5 Å². The first-order valence-electron chi connectivity index (χ1n) is 7.71. The Labute approximate surface area is 136 Å². The van der Waals surface area contributed by atoms with Crippen LogP contribution in [0.1, 0.15) is 48.0 Å². The number of hydrogen-bond acceptors (Lipinski definition) is 4. The Balaban J connectivity index is 2.08. The minimum atomic E-state index is -3.73. The van der Waals surface area contributed by atoms with Crippen LogP contribution in [0.2, 0.25) is 0 Å². The molecule has 0 saturated heterocycles. The molecular weight excluding hydrogens is 321 g/mol. The number of sulfonamides is 1. The molecule has 0 unspecified atom stereocenters. The average molecular weight is 343 g/mol. The van der Waals surface area contributed by atoms with E-state index in [-0.39, 0.29) is 5.56 Å². The maximum atomic E-state index is 14.1. The number of halogens is 1. The van der Waals surface area contributed by atoms with Gasteiger partial charge in [-0.3, -0.25) is 4.79 Å². The van der Waals surface area contributed by atoms with Crippen LogP contribution >= 0.6 is 0 Å². The molecule has 0 spiro atoms. The van der Waals surface area contributed by atoms with Crippen molar-refractivity contribution in [1.82, 2.24) is 4.72 Å². The lowest BCUT2D eigenvalue weighted by molar-refractivity contribution is 0.0977. The molecule has 23 heavy (non-hydrogen) atoms. The molecule has 1 saturated carbocycles. The predicted octanol–water partition coefficient (Wildman–Crippen LogP) is 2.78. The van der Waals surface area contributed by atoms with E-state index in [0.717, 1.165) is 25.2 Å². The average Bonchev–Trinajstić information content (AvgIpc) is 2.47. The molecule has 5 nitrogen and oxygen atoms in total. The third-order valence-corrected chi connectivity index (χ3v) is 4.54. The number of hydrogen-bond donors (Lipinski definition) is 1. The lowest BCUT2D eigenvalue weighted by atomic mass is 9.90. The Morgan fingerprint density at radius 1 is 1.30 bits per heavy atom. The number of amides is 1. The Bertz CT molecular complexity index is 682. The molecule has 2 rings (SSSR count). The van der Waals surface area contributed by atoms with Crippen molar-refractivity contribution in [2.45, 2.75) is 39.0 Å². The van der Waals surface area contributed by atoms with Crippen LogP contribution in [0, 0.1) is 18.7 Å². The summed E-state index contributed by atoms with van der Waals surface area (Å²) in [6.45, 7) is 2.24. The number of nitrogens with one attached hydrogen (secondary N) is 1. The van der Waals surface area contributed by atoms with Gasteiger partial charge in [0.1, 0.15) is 11.6 Å². The summed E-state index contributed by atoms with van der Waals surface area (Å²) >= 11 is 0. The highest BCUT2D eigenvalue weighted by Gasteiger charge is 2.19. The number of carbonyl (C=O) groups excluding carboxylic acids is 1. The van der Waals surface area contributed by atoms with E-state index in [1.807, 2.05) is 0 Å². The smallest absolute Gasteiger partial charge is 0.267 e. The molecule has 1 aromatic rings. The highest BCUT2D eigenvalue weighted by molar-refractivity contribution is 7.89. The molecule has 7 heteroatoms. The molecule has 1 aliphatic rings. The Morgan fingerprint density at radius 2 is 1.96 bits per heavy atom. The van der Waals surface area contributed by atoms with Gasteiger partial charge in [-0.15, -0.1) is 0 Å². The summed E-state index contributed by atoms with van der Waals surface area (Å²) in [5, 5.41) is 0. The number of ether oxygens (including phenoxy) is 1. The number of benzene rings is 1. The topological polar surface area (TPSA) is 72.5 Å². The standard InChI is InChI=1S/C16H22FNO4S/c1-11-8-13(16(19)18-23(2,20)21)14(17)9-15(11)22-10-12-6-4-3-5-7-12/h8-9,12H,3-7,10H2,1-2H3,(H,18,19). The Kier molecular flexibility index (Phi) is 5.62. The van der Waals surface area contributed by atoms with Crippen LogP contribution in [0.3, 0.4) is 0 Å². The van der Waals surface area contributed by atoms with E-state index in [1.54, 1.807) is 11.6 Å². The van der Waals surface area contributed by atoms with Gasteiger partial charge in [0, 0.05) is 6.07 Å². The fourth-order valence-corrected chi connectivity index (χ4v) is 3.22. The maximum absolute atomic E-state index is 14.1. The molecule has 0 radical (unpaired) electrons. The van der Waals surface area contributed by atoms with Crippen molar-refractivity contribution < 1.29 is 22.3 Å². The highest BCUT2D eigenvalue weighted by Crippen LogP contribution is 2.27. The third-order valence-electron chi connectivity index (χ3n) is 3.99. The van der Waals surface area contributed by atoms with E-state index in [0.29, 0.717) is 23.8 Å². The maximum Gasteiger partial charge on any atom is 0.267 e. The van der Waals surface area contributed by atoms with Gasteiger partial charge in [0.05, 0.1) is 18.4 Å². The first kappa shape index (κ1) is 17.7. The van der Waals surface area contributed by atoms with Crippen molar-refractivity contribution in [3.05, 3.63) is 29.1 Å². The summed E-state index contributed by atoms with van der Waals surface area (Å²) in [5.74, 6) is -0.897. The zero-order valence-electron chi connectivity index (χ0n) is 13.4. The molecule has 0 aromatic heterocycles. The van der Waals surface area contributed by atoms with Gasteiger partial charge >= 0.3 is 0 Å². The SMILES string of the molecule is Cc1cc(C(=O)NS(C)(=O)=O)c(F)cc1OCC1CCCCC1. The monoisotopic (exact) mass is 343 g/mol. The summed E-state index contributed by atoms with van der Waals surface area (Å²) < 4.78 is 43.7. The zero-order chi connectivity index (χ0) is 17.0. The van der Waals surface area contributed by atoms with Crippen molar-refractivity contribution in [3.63, 3.8) is 0 Å². The second kappa shape index (κ2) is 7.29. The molecular formula is C16H22FNO4S.